The van der Waals surface area contributed by atoms with E-state index in [1.54, 1.807) is 0 Å². The van der Waals surface area contributed by atoms with Crippen molar-refractivity contribution in [2.45, 2.75) is 27.2 Å². The second-order valence-corrected chi connectivity index (χ2v) is 7.08. The van der Waals surface area contributed by atoms with Crippen LogP contribution in [0.15, 0.2) is 42.5 Å². The zero-order valence-electron chi connectivity index (χ0n) is 16.3. The van der Waals surface area contributed by atoms with Gasteiger partial charge in [0.05, 0.1) is 11.0 Å². The van der Waals surface area contributed by atoms with Crippen LogP contribution in [0.5, 0.6) is 0 Å². The summed E-state index contributed by atoms with van der Waals surface area (Å²) in [7, 11) is 0. The molecule has 0 atom stereocenters. The van der Waals surface area contributed by atoms with Crippen LogP contribution >= 0.6 is 0 Å². The number of aromatic nitrogens is 3. The average Bonchev–Trinajstić information content (AvgIpc) is 2.94. The summed E-state index contributed by atoms with van der Waals surface area (Å²) in [5.41, 5.74) is 12.6. The first kappa shape index (κ1) is 18.0. The second-order valence-electron chi connectivity index (χ2n) is 7.08. The van der Waals surface area contributed by atoms with E-state index >= 15 is 0 Å². The Labute approximate surface area is 163 Å². The van der Waals surface area contributed by atoms with Gasteiger partial charge in [-0.3, -0.25) is 9.36 Å². The van der Waals surface area contributed by atoms with E-state index in [1.807, 2.05) is 61.7 Å². The molecule has 4 aromatic rings. The lowest BCUT2D eigenvalue weighted by Gasteiger charge is -2.10. The normalized spacial score (nSPS) is 11.2. The van der Waals surface area contributed by atoms with Crippen LogP contribution < -0.4 is 11.1 Å². The molecule has 0 aliphatic carbocycles. The van der Waals surface area contributed by atoms with Crippen molar-refractivity contribution < 1.29 is 4.79 Å². The van der Waals surface area contributed by atoms with Crippen molar-refractivity contribution in [3.05, 3.63) is 59.2 Å². The van der Waals surface area contributed by atoms with Gasteiger partial charge in [-0.05, 0) is 55.7 Å². The molecular formula is C22H23N5O. The Morgan fingerprint density at radius 1 is 1.07 bits per heavy atom. The molecule has 0 aliphatic heterocycles. The quantitative estimate of drug-likeness (QED) is 0.568. The number of para-hydroxylation sites is 2. The van der Waals surface area contributed by atoms with Gasteiger partial charge in [0.2, 0.25) is 0 Å². The van der Waals surface area contributed by atoms with Gasteiger partial charge in [-0.1, -0.05) is 25.1 Å². The van der Waals surface area contributed by atoms with Gasteiger partial charge in [-0.25, -0.2) is 9.97 Å². The molecule has 142 valence electrons. The largest absolute Gasteiger partial charge is 0.384 e. The van der Waals surface area contributed by atoms with Crippen LogP contribution in [-0.2, 0) is 0 Å². The number of carbonyl (C=O) groups excluding carboxylic acids is 1. The van der Waals surface area contributed by atoms with Crippen molar-refractivity contribution in [2.75, 3.05) is 12.3 Å². The molecule has 0 bridgehead atoms. The van der Waals surface area contributed by atoms with Crippen molar-refractivity contribution >= 4 is 33.9 Å². The fourth-order valence-corrected chi connectivity index (χ4v) is 3.55. The van der Waals surface area contributed by atoms with E-state index in [2.05, 4.69) is 11.4 Å². The molecule has 28 heavy (non-hydrogen) atoms. The van der Waals surface area contributed by atoms with E-state index in [-0.39, 0.29) is 5.91 Å². The van der Waals surface area contributed by atoms with Crippen molar-refractivity contribution in [2.24, 2.45) is 0 Å². The molecule has 0 aliphatic rings. The molecule has 2 aromatic carbocycles. The maximum Gasteiger partial charge on any atom is 0.257 e. The molecule has 0 saturated heterocycles. The van der Waals surface area contributed by atoms with E-state index in [1.165, 1.54) is 0 Å². The number of carbonyl (C=O) groups is 1. The number of amides is 1. The molecule has 1 amide bonds. The zero-order valence-corrected chi connectivity index (χ0v) is 16.3. The summed E-state index contributed by atoms with van der Waals surface area (Å²) < 4.78 is 1.83. The number of fused-ring (bicyclic) bond motifs is 2. The summed E-state index contributed by atoms with van der Waals surface area (Å²) in [5, 5.41) is 2.92. The highest BCUT2D eigenvalue weighted by Gasteiger charge is 2.24. The minimum absolute atomic E-state index is 0.225. The van der Waals surface area contributed by atoms with Crippen LogP contribution in [0.1, 0.15) is 34.8 Å². The molecule has 6 nitrogen and oxygen atoms in total. The van der Waals surface area contributed by atoms with E-state index < -0.39 is 0 Å². The molecular weight excluding hydrogens is 350 g/mol. The summed E-state index contributed by atoms with van der Waals surface area (Å²) in [6, 6.07) is 13.8. The molecule has 0 radical (unpaired) electrons. The Morgan fingerprint density at radius 3 is 2.36 bits per heavy atom. The zero-order chi connectivity index (χ0) is 19.8. The number of hydrogen-bond acceptors (Lipinski definition) is 4. The summed E-state index contributed by atoms with van der Waals surface area (Å²) in [5.74, 6) is 0.126. The highest BCUT2D eigenvalue weighted by Crippen LogP contribution is 2.31. The first-order chi connectivity index (χ1) is 13.5. The molecule has 0 spiro atoms. The molecule has 0 fully saturated rings. The number of nitrogen functional groups attached to an aromatic ring is 1. The number of aryl methyl sites for hydroxylation is 2. The van der Waals surface area contributed by atoms with E-state index in [4.69, 9.17) is 15.7 Å². The van der Waals surface area contributed by atoms with Gasteiger partial charge in [0.15, 0.2) is 5.65 Å². The standard InChI is InChI=1S/C22H23N5O/c1-4-9-24-22(28)18-19-21(26-17-8-6-5-7-16(17)25-19)27(20(18)23)15-11-13(2)10-14(3)12-15/h5-8,10-12H,4,9,23H2,1-3H3,(H,24,28). The monoisotopic (exact) mass is 373 g/mol. The predicted molar refractivity (Wildman–Crippen MR) is 113 cm³/mol. The lowest BCUT2D eigenvalue weighted by atomic mass is 10.1. The second kappa shape index (κ2) is 6.96. The van der Waals surface area contributed by atoms with Crippen molar-refractivity contribution in [3.8, 4) is 5.69 Å². The van der Waals surface area contributed by atoms with Crippen LogP contribution in [0.25, 0.3) is 27.9 Å². The Kier molecular flexibility index (Phi) is 4.47. The highest BCUT2D eigenvalue weighted by molar-refractivity contribution is 6.11. The smallest absolute Gasteiger partial charge is 0.257 e. The van der Waals surface area contributed by atoms with Gasteiger partial charge in [-0.15, -0.1) is 0 Å². The molecule has 0 unspecified atom stereocenters. The molecule has 2 aromatic heterocycles. The fraction of sp³-hybridized carbons (Fsp3) is 0.227. The SMILES string of the molecule is CCCNC(=O)c1c(N)n(-c2cc(C)cc(C)c2)c2nc3ccccc3nc12. The van der Waals surface area contributed by atoms with Crippen LogP contribution in [0.4, 0.5) is 5.82 Å². The third kappa shape index (κ3) is 2.97. The first-order valence-electron chi connectivity index (χ1n) is 9.43. The minimum atomic E-state index is -0.225. The molecule has 2 heterocycles. The fourth-order valence-electron chi connectivity index (χ4n) is 3.55. The molecule has 3 N–H and O–H groups in total. The number of rotatable bonds is 4. The Morgan fingerprint density at radius 2 is 1.71 bits per heavy atom. The lowest BCUT2D eigenvalue weighted by Crippen LogP contribution is -2.25. The molecule has 4 rings (SSSR count). The number of nitrogens with zero attached hydrogens (tertiary/aromatic N) is 3. The van der Waals surface area contributed by atoms with Gasteiger partial charge in [0.25, 0.3) is 5.91 Å². The van der Waals surface area contributed by atoms with Gasteiger partial charge < -0.3 is 11.1 Å². The third-order valence-electron chi connectivity index (χ3n) is 4.73. The number of nitrogens with two attached hydrogens (primary N) is 1. The van der Waals surface area contributed by atoms with Crippen molar-refractivity contribution in [1.82, 2.24) is 19.9 Å². The van der Waals surface area contributed by atoms with E-state index in [0.717, 1.165) is 34.3 Å². The van der Waals surface area contributed by atoms with Crippen molar-refractivity contribution in [1.29, 1.82) is 0 Å². The summed E-state index contributed by atoms with van der Waals surface area (Å²) >= 11 is 0. The maximum atomic E-state index is 12.9. The Balaban J connectivity index is 2.07. The molecule has 6 heteroatoms. The summed E-state index contributed by atoms with van der Waals surface area (Å²) in [6.45, 7) is 6.66. The number of benzene rings is 2. The highest BCUT2D eigenvalue weighted by atomic mass is 16.1. The first-order valence-corrected chi connectivity index (χ1v) is 9.43. The van der Waals surface area contributed by atoms with Gasteiger partial charge in [0.1, 0.15) is 16.9 Å². The van der Waals surface area contributed by atoms with Gasteiger partial charge in [0, 0.05) is 12.2 Å². The number of nitrogens with one attached hydrogen (secondary N) is 1. The minimum Gasteiger partial charge on any atom is -0.384 e. The lowest BCUT2D eigenvalue weighted by molar-refractivity contribution is 0.0956. The van der Waals surface area contributed by atoms with Crippen molar-refractivity contribution in [3.63, 3.8) is 0 Å². The Bertz CT molecular complexity index is 1190. The Hall–Kier alpha value is -3.41. The van der Waals surface area contributed by atoms with Crippen LogP contribution in [-0.4, -0.2) is 27.0 Å². The van der Waals surface area contributed by atoms with Crippen LogP contribution in [0.3, 0.4) is 0 Å². The molecule has 0 saturated carbocycles. The third-order valence-corrected chi connectivity index (χ3v) is 4.73. The van der Waals surface area contributed by atoms with Crippen LogP contribution in [0.2, 0.25) is 0 Å². The maximum absolute atomic E-state index is 12.9. The summed E-state index contributed by atoms with van der Waals surface area (Å²) in [6.07, 6.45) is 0.843. The average molecular weight is 373 g/mol. The van der Waals surface area contributed by atoms with E-state index in [9.17, 15) is 4.79 Å². The van der Waals surface area contributed by atoms with Crippen LogP contribution in [0, 0.1) is 13.8 Å². The number of hydrogen-bond donors (Lipinski definition) is 2. The number of anilines is 1. The van der Waals surface area contributed by atoms with Gasteiger partial charge >= 0.3 is 0 Å². The topological polar surface area (TPSA) is 85.8 Å². The van der Waals surface area contributed by atoms with Gasteiger partial charge in [-0.2, -0.15) is 0 Å². The predicted octanol–water partition coefficient (Wildman–Crippen LogP) is 3.91. The van der Waals surface area contributed by atoms with E-state index in [0.29, 0.717) is 29.1 Å². The summed E-state index contributed by atoms with van der Waals surface area (Å²) in [4.78, 5) is 22.4.